The van der Waals surface area contributed by atoms with Gasteiger partial charge in [0.2, 0.25) is 0 Å². The van der Waals surface area contributed by atoms with E-state index in [0.717, 1.165) is 0 Å². The molecule has 0 nitrogen and oxygen atoms in total. The second-order valence-electron chi connectivity index (χ2n) is 9.63. The Morgan fingerprint density at radius 1 is 0.457 bits per heavy atom. The number of unbranched alkanes of at least 4 members (excludes halogenated alkanes) is 12. The van der Waals surface area contributed by atoms with Gasteiger partial charge in [-0.1, -0.05) is 176 Å². The van der Waals surface area contributed by atoms with Crippen LogP contribution >= 0.6 is 7.92 Å². The largest absolute Gasteiger partial charge is 0.0776 e. The molecule has 0 aliphatic rings. The monoisotopic (exact) mass is 488 g/mol. The van der Waals surface area contributed by atoms with Crippen LogP contribution in [0.4, 0.5) is 0 Å². The fraction of sp³-hybridized carbons (Fsp3) is 0.471. The highest BCUT2D eigenvalue weighted by Gasteiger charge is 2.18. The van der Waals surface area contributed by atoms with Crippen molar-refractivity contribution in [2.45, 2.75) is 104 Å². The minimum absolute atomic E-state index is 0. The zero-order valence-corrected chi connectivity index (χ0v) is 22.3. The molecule has 3 rings (SSSR count). The summed E-state index contributed by atoms with van der Waals surface area (Å²) in [4.78, 5) is 0. The molecular formula is C34H49P. The van der Waals surface area contributed by atoms with E-state index in [1.54, 1.807) is 5.56 Å². The van der Waals surface area contributed by atoms with Crippen molar-refractivity contribution >= 4 is 23.8 Å². The van der Waals surface area contributed by atoms with E-state index in [0.29, 0.717) is 0 Å². The number of hydrogen-bond donors (Lipinski definition) is 0. The first-order valence-corrected chi connectivity index (χ1v) is 15.2. The summed E-state index contributed by atoms with van der Waals surface area (Å²) in [7, 11) is -0.508. The third kappa shape index (κ3) is 10.7. The molecule has 0 radical (unpaired) electrons. The SMILES string of the molecule is C.CCCCCCCCCCCCCCCc1ccccc1P(c1ccccc1)c1ccccc1. The van der Waals surface area contributed by atoms with E-state index in [9.17, 15) is 0 Å². The first-order chi connectivity index (χ1) is 16.9. The highest BCUT2D eigenvalue weighted by molar-refractivity contribution is 7.79. The smallest absolute Gasteiger partial charge is 0.0119 e. The van der Waals surface area contributed by atoms with Crippen molar-refractivity contribution < 1.29 is 0 Å². The minimum atomic E-state index is -0.508. The second kappa shape index (κ2) is 18.4. The Hall–Kier alpha value is -1.91. The minimum Gasteiger partial charge on any atom is -0.0776 e. The fourth-order valence-electron chi connectivity index (χ4n) is 4.85. The summed E-state index contributed by atoms with van der Waals surface area (Å²) in [5, 5.41) is 4.43. The van der Waals surface area contributed by atoms with Gasteiger partial charge in [0, 0.05) is 0 Å². The van der Waals surface area contributed by atoms with E-state index in [-0.39, 0.29) is 7.43 Å². The van der Waals surface area contributed by atoms with Gasteiger partial charge in [0.05, 0.1) is 0 Å². The Balaban J connectivity index is 0.00000432. The van der Waals surface area contributed by atoms with Crippen LogP contribution in [0.2, 0.25) is 0 Å². The standard InChI is InChI=1S/C33H45P.CH4/c1-2-3-4-5-6-7-8-9-10-11-12-13-16-23-30-24-21-22-29-33(30)34(31-25-17-14-18-26-31)32-27-19-15-20-28-32;/h14-15,17-22,24-29H,2-13,16,23H2,1H3;1H4. The molecule has 0 unspecified atom stereocenters. The van der Waals surface area contributed by atoms with E-state index in [1.165, 1.54) is 106 Å². The van der Waals surface area contributed by atoms with Gasteiger partial charge in [-0.3, -0.25) is 0 Å². The number of aryl methyl sites for hydroxylation is 1. The van der Waals surface area contributed by atoms with Crippen LogP contribution in [0.25, 0.3) is 0 Å². The zero-order chi connectivity index (χ0) is 23.7. The van der Waals surface area contributed by atoms with Crippen molar-refractivity contribution in [2.24, 2.45) is 0 Å². The molecule has 0 aromatic heterocycles. The molecule has 0 N–H and O–H groups in total. The Morgan fingerprint density at radius 3 is 1.34 bits per heavy atom. The Labute approximate surface area is 218 Å². The first kappa shape index (κ1) is 29.3. The van der Waals surface area contributed by atoms with Gasteiger partial charge in [-0.2, -0.15) is 0 Å². The first-order valence-electron chi connectivity index (χ1n) is 13.9. The summed E-state index contributed by atoms with van der Waals surface area (Å²) >= 11 is 0. The summed E-state index contributed by atoms with van der Waals surface area (Å²) < 4.78 is 0. The maximum absolute atomic E-state index is 2.38. The van der Waals surface area contributed by atoms with Crippen molar-refractivity contribution in [1.29, 1.82) is 0 Å². The summed E-state index contributed by atoms with van der Waals surface area (Å²) in [6, 6.07) is 31.4. The molecular weight excluding hydrogens is 439 g/mol. The van der Waals surface area contributed by atoms with Crippen LogP contribution < -0.4 is 15.9 Å². The van der Waals surface area contributed by atoms with Gasteiger partial charge in [0.25, 0.3) is 0 Å². The number of benzene rings is 3. The van der Waals surface area contributed by atoms with Crippen molar-refractivity contribution in [3.63, 3.8) is 0 Å². The Kier molecular flexibility index (Phi) is 15.4. The quantitative estimate of drug-likeness (QED) is 0.131. The predicted molar refractivity (Wildman–Crippen MR) is 161 cm³/mol. The lowest BCUT2D eigenvalue weighted by atomic mass is 10.0. The maximum atomic E-state index is 2.38. The Morgan fingerprint density at radius 2 is 0.857 bits per heavy atom. The fourth-order valence-corrected chi connectivity index (χ4v) is 7.36. The van der Waals surface area contributed by atoms with Crippen LogP contribution in [0, 0.1) is 0 Å². The summed E-state index contributed by atoms with van der Waals surface area (Å²) in [5.41, 5.74) is 1.55. The zero-order valence-electron chi connectivity index (χ0n) is 21.4. The van der Waals surface area contributed by atoms with Crippen LogP contribution in [0.15, 0.2) is 84.9 Å². The third-order valence-corrected chi connectivity index (χ3v) is 9.36. The predicted octanol–water partition coefficient (Wildman–Crippen LogP) is 9.71. The third-order valence-electron chi connectivity index (χ3n) is 6.81. The molecule has 3 aromatic carbocycles. The van der Waals surface area contributed by atoms with Crippen molar-refractivity contribution in [3.8, 4) is 0 Å². The highest BCUT2D eigenvalue weighted by Crippen LogP contribution is 2.34. The van der Waals surface area contributed by atoms with Gasteiger partial charge >= 0.3 is 0 Å². The topological polar surface area (TPSA) is 0 Å². The van der Waals surface area contributed by atoms with Crippen molar-refractivity contribution in [1.82, 2.24) is 0 Å². The van der Waals surface area contributed by atoms with Gasteiger partial charge < -0.3 is 0 Å². The van der Waals surface area contributed by atoms with E-state index in [2.05, 4.69) is 91.9 Å². The van der Waals surface area contributed by atoms with Crippen LogP contribution in [0.5, 0.6) is 0 Å². The molecule has 0 heterocycles. The van der Waals surface area contributed by atoms with E-state index in [4.69, 9.17) is 0 Å². The van der Waals surface area contributed by atoms with Gasteiger partial charge in [0.1, 0.15) is 0 Å². The molecule has 0 bridgehead atoms. The molecule has 35 heavy (non-hydrogen) atoms. The summed E-state index contributed by atoms with van der Waals surface area (Å²) in [6.07, 6.45) is 19.6. The molecule has 0 spiro atoms. The highest BCUT2D eigenvalue weighted by atomic mass is 31.1. The van der Waals surface area contributed by atoms with Gasteiger partial charge in [-0.15, -0.1) is 0 Å². The molecule has 0 saturated heterocycles. The van der Waals surface area contributed by atoms with E-state index in [1.807, 2.05) is 0 Å². The number of rotatable bonds is 17. The van der Waals surface area contributed by atoms with Crippen LogP contribution in [0.1, 0.15) is 103 Å². The molecule has 0 aliphatic carbocycles. The summed E-state index contributed by atoms with van der Waals surface area (Å²) in [6.45, 7) is 2.30. The van der Waals surface area contributed by atoms with Gasteiger partial charge in [-0.25, -0.2) is 0 Å². The lowest BCUT2D eigenvalue weighted by Gasteiger charge is -2.22. The van der Waals surface area contributed by atoms with E-state index < -0.39 is 7.92 Å². The average molecular weight is 489 g/mol. The normalized spacial score (nSPS) is 10.9. The molecule has 0 atom stereocenters. The molecule has 0 amide bonds. The average Bonchev–Trinajstić information content (AvgIpc) is 2.89. The van der Waals surface area contributed by atoms with Gasteiger partial charge in [0.15, 0.2) is 0 Å². The van der Waals surface area contributed by atoms with Gasteiger partial charge in [-0.05, 0) is 42.2 Å². The van der Waals surface area contributed by atoms with Crippen LogP contribution in [-0.2, 0) is 6.42 Å². The molecule has 0 aliphatic heterocycles. The van der Waals surface area contributed by atoms with Crippen molar-refractivity contribution in [2.75, 3.05) is 0 Å². The Bertz CT molecular complexity index is 847. The molecule has 1 heteroatoms. The molecule has 3 aromatic rings. The van der Waals surface area contributed by atoms with Crippen LogP contribution in [-0.4, -0.2) is 0 Å². The maximum Gasteiger partial charge on any atom is -0.0119 e. The lowest BCUT2D eigenvalue weighted by molar-refractivity contribution is 0.539. The van der Waals surface area contributed by atoms with Crippen LogP contribution in [0.3, 0.4) is 0 Å². The molecule has 190 valence electrons. The number of hydrogen-bond acceptors (Lipinski definition) is 0. The van der Waals surface area contributed by atoms with E-state index >= 15 is 0 Å². The summed E-state index contributed by atoms with van der Waals surface area (Å²) in [5.74, 6) is 0. The molecule has 0 fully saturated rings. The molecule has 0 saturated carbocycles. The lowest BCUT2D eigenvalue weighted by Crippen LogP contribution is -2.23. The second-order valence-corrected chi connectivity index (χ2v) is 11.8. The van der Waals surface area contributed by atoms with Crippen molar-refractivity contribution in [3.05, 3.63) is 90.5 Å².